The van der Waals surface area contributed by atoms with E-state index in [1.807, 2.05) is 0 Å². The molecular weight excluding hydrogens is 219 g/mol. The number of halogens is 3. The largest absolute Gasteiger partial charge is 0.417 e. The summed E-state index contributed by atoms with van der Waals surface area (Å²) in [7, 11) is 0. The van der Waals surface area contributed by atoms with E-state index in [0.29, 0.717) is 0 Å². The first kappa shape index (κ1) is 12.4. The van der Waals surface area contributed by atoms with Crippen LogP contribution in [0, 0.1) is 11.8 Å². The number of nitrogen functional groups attached to an aromatic ring is 1. The standard InChI is InChI=1S/C11H10F3NO/c12-11(13,14)10-5-4-9(15)7-8(10)3-1-2-6-16/h4-5,7,16H,2,6,15H2. The maximum atomic E-state index is 12.5. The van der Waals surface area contributed by atoms with Crippen molar-refractivity contribution < 1.29 is 18.3 Å². The molecule has 0 saturated heterocycles. The number of aliphatic hydroxyl groups is 1. The molecule has 0 aliphatic carbocycles. The molecule has 16 heavy (non-hydrogen) atoms. The predicted molar refractivity (Wildman–Crippen MR) is 54.4 cm³/mol. The van der Waals surface area contributed by atoms with Gasteiger partial charge in [-0.05, 0) is 18.2 Å². The summed E-state index contributed by atoms with van der Waals surface area (Å²) in [5.41, 5.74) is 4.64. The lowest BCUT2D eigenvalue weighted by atomic mass is 10.1. The SMILES string of the molecule is Nc1ccc(C(F)(F)F)c(C#CCCO)c1. The zero-order chi connectivity index (χ0) is 12.2. The van der Waals surface area contributed by atoms with Gasteiger partial charge in [-0.1, -0.05) is 11.8 Å². The van der Waals surface area contributed by atoms with Crippen LogP contribution in [0.1, 0.15) is 17.5 Å². The highest BCUT2D eigenvalue weighted by atomic mass is 19.4. The lowest BCUT2D eigenvalue weighted by molar-refractivity contribution is -0.137. The Balaban J connectivity index is 3.15. The van der Waals surface area contributed by atoms with Gasteiger partial charge in [-0.2, -0.15) is 13.2 Å². The fraction of sp³-hybridized carbons (Fsp3) is 0.273. The van der Waals surface area contributed by atoms with Crippen LogP contribution in [0.15, 0.2) is 18.2 Å². The molecule has 86 valence electrons. The fourth-order valence-electron chi connectivity index (χ4n) is 1.13. The second kappa shape index (κ2) is 4.90. The van der Waals surface area contributed by atoms with E-state index in [9.17, 15) is 13.2 Å². The lowest BCUT2D eigenvalue weighted by Gasteiger charge is -2.09. The minimum atomic E-state index is -4.45. The quantitative estimate of drug-likeness (QED) is 0.571. The molecule has 1 aromatic rings. The summed E-state index contributed by atoms with van der Waals surface area (Å²) in [6.45, 7) is -0.184. The maximum Gasteiger partial charge on any atom is 0.417 e. The normalized spacial score (nSPS) is 10.8. The van der Waals surface area contributed by atoms with Crippen LogP contribution in [0.25, 0.3) is 0 Å². The summed E-state index contributed by atoms with van der Waals surface area (Å²) in [5, 5.41) is 8.48. The Labute approximate surface area is 90.9 Å². The first-order chi connectivity index (χ1) is 7.45. The van der Waals surface area contributed by atoms with Crippen LogP contribution >= 0.6 is 0 Å². The van der Waals surface area contributed by atoms with Crippen LogP contribution < -0.4 is 5.73 Å². The number of rotatable bonds is 1. The van der Waals surface area contributed by atoms with Gasteiger partial charge in [0.15, 0.2) is 0 Å². The van der Waals surface area contributed by atoms with Crippen LogP contribution in [-0.2, 0) is 6.18 Å². The smallest absolute Gasteiger partial charge is 0.399 e. The second-order valence-corrected chi connectivity index (χ2v) is 3.08. The number of benzene rings is 1. The molecule has 5 heteroatoms. The van der Waals surface area contributed by atoms with Crippen LogP contribution in [0.2, 0.25) is 0 Å². The Hall–Kier alpha value is -1.67. The minimum Gasteiger partial charge on any atom is -0.399 e. The molecule has 0 saturated carbocycles. The summed E-state index contributed by atoms with van der Waals surface area (Å²) in [5.74, 6) is 4.79. The number of anilines is 1. The third kappa shape index (κ3) is 3.17. The van der Waals surface area contributed by atoms with Gasteiger partial charge >= 0.3 is 6.18 Å². The molecular formula is C11H10F3NO. The molecule has 1 rings (SSSR count). The molecule has 0 aliphatic heterocycles. The number of hydrogen-bond donors (Lipinski definition) is 2. The highest BCUT2D eigenvalue weighted by Gasteiger charge is 2.32. The topological polar surface area (TPSA) is 46.2 Å². The first-order valence-corrected chi connectivity index (χ1v) is 4.51. The van der Waals surface area contributed by atoms with Crippen LogP contribution in [0.3, 0.4) is 0 Å². The van der Waals surface area contributed by atoms with Gasteiger partial charge in [-0.3, -0.25) is 0 Å². The third-order valence-corrected chi connectivity index (χ3v) is 1.81. The van der Waals surface area contributed by atoms with Gasteiger partial charge in [-0.15, -0.1) is 0 Å². The second-order valence-electron chi connectivity index (χ2n) is 3.08. The van der Waals surface area contributed by atoms with E-state index in [4.69, 9.17) is 10.8 Å². The zero-order valence-corrected chi connectivity index (χ0v) is 8.30. The lowest BCUT2D eigenvalue weighted by Crippen LogP contribution is -2.08. The number of alkyl halides is 3. The molecule has 2 nitrogen and oxygen atoms in total. The molecule has 0 unspecified atom stereocenters. The molecule has 0 bridgehead atoms. The molecule has 0 aliphatic rings. The molecule has 0 aromatic heterocycles. The van der Waals surface area contributed by atoms with E-state index < -0.39 is 11.7 Å². The Morgan fingerprint density at radius 1 is 1.31 bits per heavy atom. The van der Waals surface area contributed by atoms with Crippen LogP contribution in [0.5, 0.6) is 0 Å². The van der Waals surface area contributed by atoms with Crippen molar-refractivity contribution in [1.82, 2.24) is 0 Å². The molecule has 1 aromatic carbocycles. The van der Waals surface area contributed by atoms with Gasteiger partial charge in [-0.25, -0.2) is 0 Å². The van der Waals surface area contributed by atoms with Gasteiger partial charge in [0, 0.05) is 17.7 Å². The highest BCUT2D eigenvalue weighted by molar-refractivity contribution is 5.52. The predicted octanol–water partition coefficient (Wildman–Crippen LogP) is 2.02. The van der Waals surface area contributed by atoms with Crippen molar-refractivity contribution in [2.45, 2.75) is 12.6 Å². The van der Waals surface area contributed by atoms with E-state index in [0.717, 1.165) is 6.07 Å². The minimum absolute atomic E-state index is 0.131. The average Bonchev–Trinajstić information content (AvgIpc) is 2.16. The van der Waals surface area contributed by atoms with Gasteiger partial charge < -0.3 is 10.8 Å². The van der Waals surface area contributed by atoms with Crippen LogP contribution in [-0.4, -0.2) is 11.7 Å². The highest BCUT2D eigenvalue weighted by Crippen LogP contribution is 2.32. The molecule has 0 fully saturated rings. The Bertz CT molecular complexity index is 429. The van der Waals surface area contributed by atoms with Crippen molar-refractivity contribution in [3.8, 4) is 11.8 Å². The fourth-order valence-corrected chi connectivity index (χ4v) is 1.13. The third-order valence-electron chi connectivity index (χ3n) is 1.81. The summed E-state index contributed by atoms with van der Waals surface area (Å²) >= 11 is 0. The van der Waals surface area contributed by atoms with E-state index in [-0.39, 0.29) is 24.3 Å². The van der Waals surface area contributed by atoms with Crippen molar-refractivity contribution in [3.05, 3.63) is 29.3 Å². The average molecular weight is 229 g/mol. The van der Waals surface area contributed by atoms with Crippen molar-refractivity contribution in [2.24, 2.45) is 0 Å². The molecule has 3 N–H and O–H groups in total. The molecule has 0 amide bonds. The summed E-state index contributed by atoms with van der Waals surface area (Å²) in [6, 6.07) is 3.26. The van der Waals surface area contributed by atoms with Gasteiger partial charge in [0.2, 0.25) is 0 Å². The Morgan fingerprint density at radius 3 is 2.56 bits per heavy atom. The number of hydrogen-bond acceptors (Lipinski definition) is 2. The molecule has 0 spiro atoms. The van der Waals surface area contributed by atoms with E-state index in [1.165, 1.54) is 12.1 Å². The zero-order valence-electron chi connectivity index (χ0n) is 8.30. The van der Waals surface area contributed by atoms with Gasteiger partial charge in [0.1, 0.15) is 0 Å². The summed E-state index contributed by atoms with van der Waals surface area (Å²) in [4.78, 5) is 0. The van der Waals surface area contributed by atoms with E-state index in [2.05, 4.69) is 11.8 Å². The van der Waals surface area contributed by atoms with Gasteiger partial charge in [0.25, 0.3) is 0 Å². The van der Waals surface area contributed by atoms with Crippen molar-refractivity contribution in [3.63, 3.8) is 0 Å². The van der Waals surface area contributed by atoms with E-state index >= 15 is 0 Å². The van der Waals surface area contributed by atoms with Gasteiger partial charge in [0.05, 0.1) is 12.2 Å². The first-order valence-electron chi connectivity index (χ1n) is 4.51. The Kier molecular flexibility index (Phi) is 3.80. The monoisotopic (exact) mass is 229 g/mol. The summed E-state index contributed by atoms with van der Waals surface area (Å²) < 4.78 is 37.6. The van der Waals surface area contributed by atoms with Crippen molar-refractivity contribution >= 4 is 5.69 Å². The number of nitrogens with two attached hydrogens (primary N) is 1. The molecule has 0 radical (unpaired) electrons. The van der Waals surface area contributed by atoms with Crippen LogP contribution in [0.4, 0.5) is 18.9 Å². The van der Waals surface area contributed by atoms with Crippen molar-refractivity contribution in [1.29, 1.82) is 0 Å². The molecule has 0 heterocycles. The van der Waals surface area contributed by atoms with E-state index in [1.54, 1.807) is 0 Å². The summed E-state index contributed by atoms with van der Waals surface area (Å²) in [6.07, 6.45) is -4.32. The maximum absolute atomic E-state index is 12.5. The van der Waals surface area contributed by atoms with Crippen molar-refractivity contribution in [2.75, 3.05) is 12.3 Å². The molecule has 0 atom stereocenters. The Morgan fingerprint density at radius 2 is 2.00 bits per heavy atom. The number of aliphatic hydroxyl groups excluding tert-OH is 1.